The average Bonchev–Trinajstić information content (AvgIpc) is 2.68. The van der Waals surface area contributed by atoms with Crippen molar-refractivity contribution in [3.63, 3.8) is 0 Å². The normalized spacial score (nSPS) is 23.8. The van der Waals surface area contributed by atoms with Gasteiger partial charge in [0.05, 0.1) is 23.0 Å². The minimum atomic E-state index is 0.149. The van der Waals surface area contributed by atoms with Crippen LogP contribution in [0.2, 0.25) is 5.02 Å². The van der Waals surface area contributed by atoms with Gasteiger partial charge in [-0.05, 0) is 40.2 Å². The second kappa shape index (κ2) is 6.25. The number of aryl methyl sites for hydroxylation is 2. The Morgan fingerprint density at radius 3 is 2.89 bits per heavy atom. The van der Waals surface area contributed by atoms with Crippen LogP contribution in [0.1, 0.15) is 31.2 Å². The molecule has 108 valence electrons. The lowest BCUT2D eigenvalue weighted by Gasteiger charge is -2.37. The Bertz CT molecular complexity index is 419. The second-order valence-corrected chi connectivity index (χ2v) is 5.90. The molecule has 5 heteroatoms. The van der Waals surface area contributed by atoms with Crippen molar-refractivity contribution < 1.29 is 4.74 Å². The van der Waals surface area contributed by atoms with E-state index < -0.39 is 0 Å². The molecule has 1 aromatic heterocycles. The van der Waals surface area contributed by atoms with Crippen LogP contribution in [0.5, 0.6) is 0 Å². The van der Waals surface area contributed by atoms with Crippen LogP contribution in [0.15, 0.2) is 0 Å². The van der Waals surface area contributed by atoms with E-state index in [1.165, 1.54) is 6.42 Å². The van der Waals surface area contributed by atoms with Gasteiger partial charge >= 0.3 is 0 Å². The summed E-state index contributed by atoms with van der Waals surface area (Å²) in [4.78, 5) is 0. The van der Waals surface area contributed by atoms with Crippen LogP contribution >= 0.6 is 11.6 Å². The van der Waals surface area contributed by atoms with Crippen molar-refractivity contribution in [3.8, 4) is 0 Å². The van der Waals surface area contributed by atoms with Gasteiger partial charge in [-0.3, -0.25) is 4.68 Å². The summed E-state index contributed by atoms with van der Waals surface area (Å²) < 4.78 is 7.75. The molecule has 0 spiro atoms. The molecule has 1 unspecified atom stereocenters. The molecule has 1 aliphatic heterocycles. The molecule has 0 aromatic carbocycles. The average molecular weight is 286 g/mol. The molecule has 2 rings (SSSR count). The highest BCUT2D eigenvalue weighted by atomic mass is 35.5. The van der Waals surface area contributed by atoms with Crippen LogP contribution in [0.4, 0.5) is 0 Å². The molecule has 1 aliphatic rings. The van der Waals surface area contributed by atoms with E-state index >= 15 is 0 Å². The number of hydrogen-bond acceptors (Lipinski definition) is 3. The maximum Gasteiger partial charge on any atom is 0.0847 e. The second-order valence-electron chi connectivity index (χ2n) is 5.53. The predicted molar refractivity (Wildman–Crippen MR) is 77.8 cm³/mol. The van der Waals surface area contributed by atoms with Gasteiger partial charge in [-0.2, -0.15) is 5.10 Å². The summed E-state index contributed by atoms with van der Waals surface area (Å²) in [6.45, 7) is 7.58. The molecule has 1 aromatic rings. The quantitative estimate of drug-likeness (QED) is 0.903. The van der Waals surface area contributed by atoms with Gasteiger partial charge in [0.1, 0.15) is 0 Å². The fourth-order valence-electron chi connectivity index (χ4n) is 3.02. The molecule has 0 saturated carbocycles. The van der Waals surface area contributed by atoms with E-state index in [1.54, 1.807) is 0 Å². The topological polar surface area (TPSA) is 39.1 Å². The molecule has 0 radical (unpaired) electrons. The van der Waals surface area contributed by atoms with E-state index in [-0.39, 0.29) is 5.41 Å². The van der Waals surface area contributed by atoms with Gasteiger partial charge in [0, 0.05) is 25.1 Å². The monoisotopic (exact) mass is 285 g/mol. The Balaban J connectivity index is 2.26. The fraction of sp³-hybridized carbons (Fsp3) is 0.786. The third-order valence-electron chi connectivity index (χ3n) is 3.95. The Hall–Kier alpha value is -0.580. The molecule has 0 bridgehead atoms. The SMILES string of the molecule is CCn1nc(C)c(Cl)c1CC1(CNC)CCCOC1. The van der Waals surface area contributed by atoms with Crippen molar-refractivity contribution in [2.75, 3.05) is 26.8 Å². The summed E-state index contributed by atoms with van der Waals surface area (Å²) in [6, 6.07) is 0. The highest BCUT2D eigenvalue weighted by molar-refractivity contribution is 6.31. The number of aromatic nitrogens is 2. The maximum absolute atomic E-state index is 6.43. The molecule has 19 heavy (non-hydrogen) atoms. The van der Waals surface area contributed by atoms with Crippen molar-refractivity contribution >= 4 is 11.6 Å². The van der Waals surface area contributed by atoms with Crippen LogP contribution in [0.3, 0.4) is 0 Å². The fourth-order valence-corrected chi connectivity index (χ4v) is 3.22. The van der Waals surface area contributed by atoms with E-state index in [9.17, 15) is 0 Å². The van der Waals surface area contributed by atoms with Crippen LogP contribution in [-0.2, 0) is 17.7 Å². The number of hydrogen-bond donors (Lipinski definition) is 1. The predicted octanol–water partition coefficient (Wildman–Crippen LogP) is 2.42. The van der Waals surface area contributed by atoms with Crippen molar-refractivity contribution in [2.45, 2.75) is 39.7 Å². The molecular weight excluding hydrogens is 262 g/mol. The lowest BCUT2D eigenvalue weighted by atomic mass is 9.78. The van der Waals surface area contributed by atoms with Gasteiger partial charge < -0.3 is 10.1 Å². The van der Waals surface area contributed by atoms with Crippen LogP contribution in [0, 0.1) is 12.3 Å². The van der Waals surface area contributed by atoms with E-state index in [0.29, 0.717) is 0 Å². The smallest absolute Gasteiger partial charge is 0.0847 e. The third kappa shape index (κ3) is 3.12. The standard InChI is InChI=1S/C14H24ClN3O/c1-4-18-12(13(15)11(2)17-18)8-14(9-16-3)6-5-7-19-10-14/h16H,4-10H2,1-3H3. The van der Waals surface area contributed by atoms with Gasteiger partial charge in [-0.25, -0.2) is 0 Å². The third-order valence-corrected chi connectivity index (χ3v) is 4.44. The van der Waals surface area contributed by atoms with Crippen molar-refractivity contribution in [3.05, 3.63) is 16.4 Å². The Kier molecular flexibility index (Phi) is 4.87. The lowest BCUT2D eigenvalue weighted by Crippen LogP contribution is -2.42. The van der Waals surface area contributed by atoms with E-state index in [2.05, 4.69) is 17.3 Å². The number of nitrogens with zero attached hydrogens (tertiary/aromatic N) is 2. The minimum absolute atomic E-state index is 0.149. The van der Waals surface area contributed by atoms with E-state index in [0.717, 1.165) is 55.6 Å². The molecule has 0 aliphatic carbocycles. The Morgan fingerprint density at radius 2 is 2.32 bits per heavy atom. The number of nitrogens with one attached hydrogen (secondary N) is 1. The van der Waals surface area contributed by atoms with Crippen molar-refractivity contribution in [1.82, 2.24) is 15.1 Å². The summed E-state index contributed by atoms with van der Waals surface area (Å²) in [6.07, 6.45) is 3.23. The Labute approximate surface area is 120 Å². The lowest BCUT2D eigenvalue weighted by molar-refractivity contribution is -0.00721. The molecule has 1 saturated heterocycles. The van der Waals surface area contributed by atoms with Crippen molar-refractivity contribution in [1.29, 1.82) is 0 Å². The maximum atomic E-state index is 6.43. The molecule has 2 heterocycles. The summed E-state index contributed by atoms with van der Waals surface area (Å²) in [5.41, 5.74) is 2.23. The summed E-state index contributed by atoms with van der Waals surface area (Å²) in [7, 11) is 2.00. The van der Waals surface area contributed by atoms with Crippen LogP contribution in [0.25, 0.3) is 0 Å². The summed E-state index contributed by atoms with van der Waals surface area (Å²) in [5.74, 6) is 0. The summed E-state index contributed by atoms with van der Waals surface area (Å²) >= 11 is 6.43. The molecule has 1 N–H and O–H groups in total. The molecule has 0 amide bonds. The Morgan fingerprint density at radius 1 is 1.53 bits per heavy atom. The minimum Gasteiger partial charge on any atom is -0.381 e. The first-order chi connectivity index (χ1) is 9.12. The van der Waals surface area contributed by atoms with E-state index in [4.69, 9.17) is 16.3 Å². The first-order valence-electron chi connectivity index (χ1n) is 7.06. The first-order valence-corrected chi connectivity index (χ1v) is 7.44. The van der Waals surface area contributed by atoms with Gasteiger partial charge in [-0.15, -0.1) is 0 Å². The molecule has 4 nitrogen and oxygen atoms in total. The van der Waals surface area contributed by atoms with Crippen molar-refractivity contribution in [2.24, 2.45) is 5.41 Å². The molecule has 1 fully saturated rings. The van der Waals surface area contributed by atoms with Gasteiger partial charge in [-0.1, -0.05) is 11.6 Å². The van der Waals surface area contributed by atoms with Crippen LogP contribution in [-0.4, -0.2) is 36.6 Å². The number of ether oxygens (including phenoxy) is 1. The van der Waals surface area contributed by atoms with Crippen LogP contribution < -0.4 is 5.32 Å². The van der Waals surface area contributed by atoms with Gasteiger partial charge in [0.25, 0.3) is 0 Å². The molecular formula is C14H24ClN3O. The molecule has 1 atom stereocenters. The van der Waals surface area contributed by atoms with E-state index in [1.807, 2.05) is 18.7 Å². The zero-order chi connectivity index (χ0) is 13.9. The first kappa shape index (κ1) is 14.8. The zero-order valence-electron chi connectivity index (χ0n) is 12.1. The highest BCUT2D eigenvalue weighted by Gasteiger charge is 2.34. The number of rotatable bonds is 5. The summed E-state index contributed by atoms with van der Waals surface area (Å²) in [5, 5.41) is 8.64. The highest BCUT2D eigenvalue weighted by Crippen LogP contribution is 2.35. The van der Waals surface area contributed by atoms with Gasteiger partial charge in [0.15, 0.2) is 0 Å². The van der Waals surface area contributed by atoms with Gasteiger partial charge in [0.2, 0.25) is 0 Å². The number of halogens is 1. The zero-order valence-corrected chi connectivity index (χ0v) is 12.9. The largest absolute Gasteiger partial charge is 0.381 e.